The smallest absolute Gasteiger partial charge is 0.160 e. The van der Waals surface area contributed by atoms with Crippen LogP contribution >= 0.6 is 0 Å². The highest BCUT2D eigenvalue weighted by molar-refractivity contribution is 5.46. The van der Waals surface area contributed by atoms with Crippen molar-refractivity contribution in [2.24, 2.45) is 0 Å². The maximum Gasteiger partial charge on any atom is 0.160 e. The molecule has 0 aliphatic heterocycles. The lowest BCUT2D eigenvalue weighted by Crippen LogP contribution is -2.19. The molecule has 0 spiro atoms. The zero-order valence-electron chi connectivity index (χ0n) is 16.9. The maximum atomic E-state index is 10.2. The van der Waals surface area contributed by atoms with E-state index in [4.69, 9.17) is 19.3 Å². The molecule has 29 heavy (non-hydrogen) atoms. The van der Waals surface area contributed by atoms with Crippen molar-refractivity contribution in [1.82, 2.24) is 0 Å². The largest absolute Gasteiger partial charge is 0.504 e. The van der Waals surface area contributed by atoms with E-state index in [9.17, 15) is 15.3 Å². The Morgan fingerprint density at radius 3 is 1.93 bits per heavy atom. The van der Waals surface area contributed by atoms with Crippen molar-refractivity contribution in [3.05, 3.63) is 47.5 Å². The van der Waals surface area contributed by atoms with Crippen LogP contribution in [0.4, 0.5) is 0 Å². The number of phenolic OH excluding ortho intramolecular Hbond substituents is 2. The number of aliphatic hydroxyl groups is 2. The van der Waals surface area contributed by atoms with Gasteiger partial charge in [0.2, 0.25) is 0 Å². The van der Waals surface area contributed by atoms with Crippen LogP contribution in [-0.2, 0) is 4.74 Å². The summed E-state index contributed by atoms with van der Waals surface area (Å²) in [6.45, 7) is 0.392. The number of unbranched alkanes of at least 4 members (excludes halogenated alkanes) is 2. The zero-order valence-corrected chi connectivity index (χ0v) is 16.9. The molecule has 0 bridgehead atoms. The number of hydrogen-bond acceptors (Lipinski definition) is 7. The lowest BCUT2D eigenvalue weighted by molar-refractivity contribution is 0.0153. The fourth-order valence-electron chi connectivity index (χ4n) is 3.22. The number of hydrogen-bond donors (Lipinski definition) is 4. The van der Waals surface area contributed by atoms with Gasteiger partial charge < -0.3 is 34.6 Å². The molecule has 0 saturated carbocycles. The molecular weight excluding hydrogens is 376 g/mol. The second kappa shape index (κ2) is 11.5. The van der Waals surface area contributed by atoms with Crippen LogP contribution in [0.25, 0.3) is 0 Å². The Balaban J connectivity index is 2.35. The molecule has 2 rings (SSSR count). The second-order valence-electron chi connectivity index (χ2n) is 6.73. The Kier molecular flexibility index (Phi) is 9.05. The summed E-state index contributed by atoms with van der Waals surface area (Å²) in [5, 5.41) is 38.9. The van der Waals surface area contributed by atoms with Gasteiger partial charge in [-0.05, 0) is 54.7 Å². The van der Waals surface area contributed by atoms with Crippen LogP contribution in [0.2, 0.25) is 0 Å². The molecule has 7 nitrogen and oxygen atoms in total. The summed E-state index contributed by atoms with van der Waals surface area (Å²) in [6.07, 6.45) is 1.79. The third-order valence-corrected chi connectivity index (χ3v) is 4.83. The van der Waals surface area contributed by atoms with E-state index in [2.05, 4.69) is 0 Å². The molecule has 0 aliphatic rings. The average molecular weight is 406 g/mol. The van der Waals surface area contributed by atoms with Crippen LogP contribution < -0.4 is 9.47 Å². The fraction of sp³-hybridized carbons (Fsp3) is 0.455. The summed E-state index contributed by atoms with van der Waals surface area (Å²) < 4.78 is 16.6. The van der Waals surface area contributed by atoms with Gasteiger partial charge >= 0.3 is 0 Å². The fourth-order valence-corrected chi connectivity index (χ4v) is 3.22. The first-order valence-corrected chi connectivity index (χ1v) is 9.62. The van der Waals surface area contributed by atoms with Crippen LogP contribution in [0.1, 0.15) is 42.4 Å². The molecular formula is C22H30O7. The molecule has 7 heteroatoms. The van der Waals surface area contributed by atoms with E-state index in [1.807, 2.05) is 0 Å². The molecule has 4 N–H and O–H groups in total. The van der Waals surface area contributed by atoms with E-state index in [1.165, 1.54) is 26.4 Å². The van der Waals surface area contributed by atoms with Gasteiger partial charge in [-0.2, -0.15) is 0 Å². The van der Waals surface area contributed by atoms with Crippen molar-refractivity contribution in [3.63, 3.8) is 0 Å². The van der Waals surface area contributed by atoms with E-state index in [0.29, 0.717) is 24.5 Å². The summed E-state index contributed by atoms with van der Waals surface area (Å²) >= 11 is 0. The Morgan fingerprint density at radius 2 is 1.38 bits per heavy atom. The van der Waals surface area contributed by atoms with Crippen molar-refractivity contribution >= 4 is 0 Å². The molecule has 0 aliphatic carbocycles. The number of aliphatic hydroxyl groups excluding tert-OH is 2. The first-order valence-electron chi connectivity index (χ1n) is 9.62. The van der Waals surface area contributed by atoms with Crippen molar-refractivity contribution in [3.8, 4) is 23.0 Å². The van der Waals surface area contributed by atoms with Crippen LogP contribution in [0.5, 0.6) is 23.0 Å². The monoisotopic (exact) mass is 406 g/mol. The van der Waals surface area contributed by atoms with Crippen LogP contribution in [0.15, 0.2) is 36.4 Å². The van der Waals surface area contributed by atoms with Crippen molar-refractivity contribution in [2.45, 2.75) is 31.3 Å². The highest BCUT2D eigenvalue weighted by Crippen LogP contribution is 2.40. The molecule has 2 aromatic carbocycles. The molecule has 2 unspecified atom stereocenters. The van der Waals surface area contributed by atoms with Gasteiger partial charge in [-0.25, -0.2) is 0 Å². The average Bonchev–Trinajstić information content (AvgIpc) is 2.74. The van der Waals surface area contributed by atoms with Gasteiger partial charge in [0.1, 0.15) is 0 Å². The number of benzene rings is 2. The van der Waals surface area contributed by atoms with Crippen LogP contribution in [0.3, 0.4) is 0 Å². The first-order chi connectivity index (χ1) is 14.0. The number of phenols is 2. The lowest BCUT2D eigenvalue weighted by atomic mass is 9.89. The zero-order chi connectivity index (χ0) is 21.2. The van der Waals surface area contributed by atoms with Crippen molar-refractivity contribution < 1.29 is 34.6 Å². The summed E-state index contributed by atoms with van der Waals surface area (Å²) in [5.41, 5.74) is 1.49. The molecule has 160 valence electrons. The molecule has 0 heterocycles. The number of aromatic hydroxyl groups is 2. The van der Waals surface area contributed by atoms with Gasteiger partial charge in [-0.3, -0.25) is 0 Å². The summed E-state index contributed by atoms with van der Waals surface area (Å²) in [5.74, 6) is 0.226. The third kappa shape index (κ3) is 6.00. The van der Waals surface area contributed by atoms with Crippen LogP contribution in [-0.4, -0.2) is 54.5 Å². The van der Waals surface area contributed by atoms with Gasteiger partial charge in [0.05, 0.1) is 26.9 Å². The van der Waals surface area contributed by atoms with Crippen molar-refractivity contribution in [1.29, 1.82) is 0 Å². The Morgan fingerprint density at radius 1 is 0.793 bits per heavy atom. The van der Waals surface area contributed by atoms with Gasteiger partial charge in [-0.15, -0.1) is 0 Å². The predicted octanol–water partition coefficient (Wildman–Crippen LogP) is 3.11. The van der Waals surface area contributed by atoms with E-state index < -0.39 is 12.0 Å². The van der Waals surface area contributed by atoms with E-state index in [-0.39, 0.29) is 24.7 Å². The maximum absolute atomic E-state index is 10.2. The highest BCUT2D eigenvalue weighted by Gasteiger charge is 2.27. The summed E-state index contributed by atoms with van der Waals surface area (Å²) in [6, 6.07) is 9.87. The number of methoxy groups -OCH3 is 2. The minimum atomic E-state index is -0.516. The lowest BCUT2D eigenvalue weighted by Gasteiger charge is -2.28. The topological polar surface area (TPSA) is 109 Å². The molecule has 0 saturated heterocycles. The molecule has 0 amide bonds. The molecule has 2 aromatic rings. The molecule has 2 atom stereocenters. The van der Waals surface area contributed by atoms with Gasteiger partial charge in [0, 0.05) is 19.1 Å². The molecule has 0 radical (unpaired) electrons. The Bertz CT molecular complexity index is 763. The SMILES string of the molecule is COc1cc(C(CO)C(OCCCCCO)c2ccc(O)c(OC)c2)ccc1O. The Labute approximate surface area is 171 Å². The first kappa shape index (κ1) is 22.8. The second-order valence-corrected chi connectivity index (χ2v) is 6.73. The summed E-state index contributed by atoms with van der Waals surface area (Å²) in [7, 11) is 2.94. The normalized spacial score (nSPS) is 13.1. The summed E-state index contributed by atoms with van der Waals surface area (Å²) in [4.78, 5) is 0. The minimum Gasteiger partial charge on any atom is -0.504 e. The quantitative estimate of drug-likeness (QED) is 0.401. The molecule has 0 fully saturated rings. The number of rotatable bonds is 12. The van der Waals surface area contributed by atoms with E-state index in [0.717, 1.165) is 24.0 Å². The van der Waals surface area contributed by atoms with Gasteiger partial charge in [-0.1, -0.05) is 12.1 Å². The standard InChI is InChI=1S/C22H30O7/c1-27-20-12-15(6-8-18(20)25)17(14-24)22(29-11-5-3-4-10-23)16-7-9-19(26)21(13-16)28-2/h6-9,12-13,17,22-26H,3-5,10-11,14H2,1-2H3. The number of ether oxygens (including phenoxy) is 3. The minimum absolute atomic E-state index is 0.0146. The van der Waals surface area contributed by atoms with Crippen molar-refractivity contribution in [2.75, 3.05) is 34.0 Å². The Hall–Kier alpha value is -2.48. The van der Waals surface area contributed by atoms with Crippen LogP contribution in [0, 0.1) is 0 Å². The van der Waals surface area contributed by atoms with E-state index >= 15 is 0 Å². The predicted molar refractivity (Wildman–Crippen MR) is 109 cm³/mol. The third-order valence-electron chi connectivity index (χ3n) is 4.83. The van der Waals surface area contributed by atoms with Gasteiger partial charge in [0.25, 0.3) is 0 Å². The van der Waals surface area contributed by atoms with E-state index in [1.54, 1.807) is 24.3 Å². The van der Waals surface area contributed by atoms with Gasteiger partial charge in [0.15, 0.2) is 23.0 Å². The highest BCUT2D eigenvalue weighted by atomic mass is 16.5. The molecule has 0 aromatic heterocycles.